The minimum absolute atomic E-state index is 0.00277. The summed E-state index contributed by atoms with van der Waals surface area (Å²) in [5.41, 5.74) is 1.80. The van der Waals surface area contributed by atoms with Gasteiger partial charge in [0.25, 0.3) is 5.56 Å². The first-order valence-corrected chi connectivity index (χ1v) is 10.9. The maximum Gasteiger partial charge on any atom is 0.263 e. The van der Waals surface area contributed by atoms with Crippen LogP contribution in [-0.4, -0.2) is 9.55 Å². The Hall–Kier alpha value is -1.92. The monoisotopic (exact) mass is 400 g/mol. The zero-order valence-corrected chi connectivity index (χ0v) is 16.8. The lowest BCUT2D eigenvalue weighted by atomic mass is 9.89. The van der Waals surface area contributed by atoms with Gasteiger partial charge in [0, 0.05) is 17.2 Å². The fourth-order valence-corrected chi connectivity index (χ4v) is 5.98. The van der Waals surface area contributed by atoms with Crippen molar-refractivity contribution in [1.29, 1.82) is 0 Å². The molecule has 0 saturated heterocycles. The second-order valence-corrected chi connectivity index (χ2v) is 9.04. The van der Waals surface area contributed by atoms with Gasteiger partial charge in [0.1, 0.15) is 10.6 Å². The van der Waals surface area contributed by atoms with Gasteiger partial charge in [-0.2, -0.15) is 0 Å². The summed E-state index contributed by atoms with van der Waals surface area (Å²) in [6.45, 7) is 6.44. The van der Waals surface area contributed by atoms with Gasteiger partial charge < -0.3 is 0 Å². The lowest BCUT2D eigenvalue weighted by Crippen LogP contribution is -2.23. The minimum atomic E-state index is -0.232. The highest BCUT2D eigenvalue weighted by Crippen LogP contribution is 2.36. The van der Waals surface area contributed by atoms with Gasteiger partial charge in [-0.25, -0.2) is 9.37 Å². The molecule has 1 atom stereocenters. The molecule has 0 fully saturated rings. The fourth-order valence-electron chi connectivity index (χ4n) is 3.56. The molecule has 1 aromatic carbocycles. The van der Waals surface area contributed by atoms with Gasteiger partial charge in [-0.1, -0.05) is 43.0 Å². The molecule has 4 rings (SSSR count). The third kappa shape index (κ3) is 3.48. The molecule has 1 aliphatic carbocycles. The highest BCUT2D eigenvalue weighted by atomic mass is 32.2. The Morgan fingerprint density at radius 3 is 3.04 bits per heavy atom. The number of hydrogen-bond acceptors (Lipinski definition) is 4. The molecule has 2 heterocycles. The summed E-state index contributed by atoms with van der Waals surface area (Å²) in [6.07, 6.45) is 4.80. The molecule has 2 aromatic heterocycles. The van der Waals surface area contributed by atoms with Crippen molar-refractivity contribution in [3.05, 3.63) is 69.1 Å². The van der Waals surface area contributed by atoms with Crippen molar-refractivity contribution in [1.82, 2.24) is 9.55 Å². The van der Waals surface area contributed by atoms with E-state index in [-0.39, 0.29) is 11.4 Å². The van der Waals surface area contributed by atoms with E-state index in [1.54, 1.807) is 34.1 Å². The number of fused-ring (bicyclic) bond motifs is 3. The van der Waals surface area contributed by atoms with Crippen molar-refractivity contribution < 1.29 is 4.39 Å². The molecule has 0 N–H and O–H groups in total. The minimum Gasteiger partial charge on any atom is -0.283 e. The van der Waals surface area contributed by atoms with Gasteiger partial charge in [-0.05, 0) is 42.4 Å². The molecule has 3 nitrogen and oxygen atoms in total. The molecule has 0 bridgehead atoms. The summed E-state index contributed by atoms with van der Waals surface area (Å²) in [6, 6.07) is 6.72. The van der Waals surface area contributed by atoms with Gasteiger partial charge in [-0.15, -0.1) is 17.9 Å². The van der Waals surface area contributed by atoms with Crippen molar-refractivity contribution in [2.75, 3.05) is 0 Å². The van der Waals surface area contributed by atoms with Gasteiger partial charge in [-0.3, -0.25) is 9.36 Å². The van der Waals surface area contributed by atoms with E-state index >= 15 is 0 Å². The Balaban J connectivity index is 1.78. The van der Waals surface area contributed by atoms with Crippen LogP contribution in [0.3, 0.4) is 0 Å². The van der Waals surface area contributed by atoms with Crippen LogP contribution < -0.4 is 5.56 Å². The van der Waals surface area contributed by atoms with Crippen LogP contribution in [0.4, 0.5) is 4.39 Å². The van der Waals surface area contributed by atoms with Crippen LogP contribution in [0.2, 0.25) is 0 Å². The van der Waals surface area contributed by atoms with Crippen LogP contribution >= 0.6 is 23.1 Å². The Bertz CT molecular complexity index is 1070. The third-order valence-electron chi connectivity index (χ3n) is 5.01. The molecule has 6 heteroatoms. The number of nitrogens with zero attached hydrogens (tertiary/aromatic N) is 2. The zero-order chi connectivity index (χ0) is 19.0. The first-order valence-electron chi connectivity index (χ1n) is 9.10. The van der Waals surface area contributed by atoms with E-state index in [1.165, 1.54) is 28.3 Å². The van der Waals surface area contributed by atoms with Gasteiger partial charge >= 0.3 is 0 Å². The van der Waals surface area contributed by atoms with Crippen LogP contribution in [0, 0.1) is 11.7 Å². The largest absolute Gasteiger partial charge is 0.283 e. The lowest BCUT2D eigenvalue weighted by molar-refractivity contribution is 0.509. The molecule has 3 aromatic rings. The van der Waals surface area contributed by atoms with Crippen molar-refractivity contribution in [2.24, 2.45) is 5.92 Å². The number of allylic oxidation sites excluding steroid dienone is 1. The summed E-state index contributed by atoms with van der Waals surface area (Å²) in [5, 5.41) is 1.40. The predicted molar refractivity (Wildman–Crippen MR) is 111 cm³/mol. The SMILES string of the molecule is C=CCn1c(SCc2ccccc2F)nc2sc3c(c2c1=O)CC[C@@H](C)C3. The third-order valence-corrected chi connectivity index (χ3v) is 7.18. The van der Waals surface area contributed by atoms with Crippen molar-refractivity contribution in [2.45, 2.75) is 43.6 Å². The topological polar surface area (TPSA) is 34.9 Å². The van der Waals surface area contributed by atoms with Crippen LogP contribution in [-0.2, 0) is 25.1 Å². The van der Waals surface area contributed by atoms with Crippen molar-refractivity contribution in [3.8, 4) is 0 Å². The van der Waals surface area contributed by atoms with Crippen molar-refractivity contribution >= 4 is 33.3 Å². The molecule has 140 valence electrons. The Morgan fingerprint density at radius 1 is 1.44 bits per heavy atom. The Kier molecular flexibility index (Phi) is 5.19. The summed E-state index contributed by atoms with van der Waals surface area (Å²) in [4.78, 5) is 20.1. The highest BCUT2D eigenvalue weighted by molar-refractivity contribution is 7.98. The number of thiophene rings is 1. The van der Waals surface area contributed by atoms with Gasteiger partial charge in [0.05, 0.1) is 5.39 Å². The average molecular weight is 401 g/mol. The average Bonchev–Trinajstić information content (AvgIpc) is 3.01. The van der Waals surface area contributed by atoms with E-state index in [1.807, 2.05) is 6.07 Å². The number of thioether (sulfide) groups is 1. The second-order valence-electron chi connectivity index (χ2n) is 7.01. The molecule has 27 heavy (non-hydrogen) atoms. The lowest BCUT2D eigenvalue weighted by Gasteiger charge is -2.17. The highest BCUT2D eigenvalue weighted by Gasteiger charge is 2.24. The van der Waals surface area contributed by atoms with E-state index in [0.717, 1.165) is 29.5 Å². The van der Waals surface area contributed by atoms with E-state index in [9.17, 15) is 9.18 Å². The standard InChI is InChI=1S/C21H21FN2OS2/c1-3-10-24-20(25)18-15-9-8-13(2)11-17(15)27-19(18)23-21(24)26-12-14-6-4-5-7-16(14)22/h3-7,13H,1,8-12H2,2H3/t13-/m1/s1. The molecular formula is C21H21FN2OS2. The number of rotatable bonds is 5. The number of aryl methyl sites for hydroxylation is 1. The molecular weight excluding hydrogens is 379 g/mol. The molecule has 0 radical (unpaired) electrons. The number of benzene rings is 1. The maximum absolute atomic E-state index is 13.9. The number of aromatic nitrogens is 2. The second kappa shape index (κ2) is 7.60. The van der Waals surface area contributed by atoms with E-state index in [4.69, 9.17) is 4.98 Å². The van der Waals surface area contributed by atoms with Gasteiger partial charge in [0.2, 0.25) is 0 Å². The van der Waals surface area contributed by atoms with Crippen molar-refractivity contribution in [3.63, 3.8) is 0 Å². The first-order chi connectivity index (χ1) is 13.1. The zero-order valence-electron chi connectivity index (χ0n) is 15.2. The molecule has 0 saturated carbocycles. The Labute approximate surface area is 165 Å². The molecule has 0 spiro atoms. The van der Waals surface area contributed by atoms with E-state index in [0.29, 0.717) is 28.9 Å². The van der Waals surface area contributed by atoms with Gasteiger partial charge in [0.15, 0.2) is 5.16 Å². The quantitative estimate of drug-likeness (QED) is 0.335. The summed E-state index contributed by atoms with van der Waals surface area (Å²) >= 11 is 3.05. The molecule has 1 aliphatic rings. The van der Waals surface area contributed by atoms with E-state index in [2.05, 4.69) is 13.5 Å². The smallest absolute Gasteiger partial charge is 0.263 e. The maximum atomic E-state index is 13.9. The summed E-state index contributed by atoms with van der Waals surface area (Å²) in [5.74, 6) is 0.851. The number of hydrogen-bond donors (Lipinski definition) is 0. The number of halogens is 1. The Morgan fingerprint density at radius 2 is 2.26 bits per heavy atom. The molecule has 0 unspecified atom stereocenters. The summed E-state index contributed by atoms with van der Waals surface area (Å²) in [7, 11) is 0. The van der Waals surface area contributed by atoms with Crippen LogP contribution in [0.15, 0.2) is 46.9 Å². The van der Waals surface area contributed by atoms with Crippen LogP contribution in [0.1, 0.15) is 29.3 Å². The van der Waals surface area contributed by atoms with E-state index < -0.39 is 0 Å². The fraction of sp³-hybridized carbons (Fsp3) is 0.333. The van der Waals surface area contributed by atoms with Crippen LogP contribution in [0.25, 0.3) is 10.2 Å². The first kappa shape index (κ1) is 18.4. The molecule has 0 amide bonds. The normalized spacial score (nSPS) is 16.4. The molecule has 0 aliphatic heterocycles. The summed E-state index contributed by atoms with van der Waals surface area (Å²) < 4.78 is 15.6. The predicted octanol–water partition coefficient (Wildman–Crippen LogP) is 5.20. The van der Waals surface area contributed by atoms with Crippen LogP contribution in [0.5, 0.6) is 0 Å².